The fraction of sp³-hybridized carbons (Fsp3) is 0.240. The summed E-state index contributed by atoms with van der Waals surface area (Å²) in [6.07, 6.45) is 2.42. The number of carboxylic acid groups (broad SMARTS) is 1. The number of nitrogens with one attached hydrogen (secondary N) is 3. The normalized spacial score (nSPS) is 14.6. The highest BCUT2D eigenvalue weighted by Crippen LogP contribution is 2.46. The summed E-state index contributed by atoms with van der Waals surface area (Å²) >= 11 is 0. The van der Waals surface area contributed by atoms with E-state index in [9.17, 15) is 23.6 Å². The van der Waals surface area contributed by atoms with Gasteiger partial charge in [-0.2, -0.15) is 0 Å². The monoisotopic (exact) mass is 478 g/mol. The van der Waals surface area contributed by atoms with Gasteiger partial charge in [0.05, 0.1) is 11.5 Å². The fourth-order valence-corrected chi connectivity index (χ4v) is 3.61. The molecule has 0 spiro atoms. The average molecular weight is 478 g/mol. The molecule has 10 heteroatoms. The first-order valence-corrected chi connectivity index (χ1v) is 11.0. The van der Waals surface area contributed by atoms with E-state index in [1.54, 1.807) is 12.1 Å². The third-order valence-electron chi connectivity index (χ3n) is 5.97. The third kappa shape index (κ3) is 5.26. The quantitative estimate of drug-likeness (QED) is 0.392. The number of H-pyrrole nitrogens is 1. The zero-order valence-corrected chi connectivity index (χ0v) is 18.8. The number of carbonyl (C=O) groups is 3. The minimum absolute atomic E-state index is 0.136. The molecule has 0 aliphatic heterocycles. The van der Waals surface area contributed by atoms with E-state index in [2.05, 4.69) is 20.6 Å². The molecule has 4 rings (SSSR count). The van der Waals surface area contributed by atoms with Gasteiger partial charge in [0.2, 0.25) is 0 Å². The number of amides is 2. The summed E-state index contributed by atoms with van der Waals surface area (Å²) in [7, 11) is 0. The van der Waals surface area contributed by atoms with Crippen molar-refractivity contribution < 1.29 is 23.9 Å². The molecule has 4 N–H and O–H groups in total. The standard InChI is InChI=1S/C25H23FN4O5/c1-14(24(34)35)12-28-23(33)20-27-13-19(21(31)29-20)22(32)30-25(10-11-25)17-6-2-15(3-7-17)16-4-8-18(26)9-5-16/h2-9,13-14H,10-12H2,1H3,(H,28,33)(H,30,32)(H,34,35)(H,27,29,31)/t14-/m0/s1. The van der Waals surface area contributed by atoms with Crippen LogP contribution in [-0.2, 0) is 10.3 Å². The van der Waals surface area contributed by atoms with E-state index in [-0.39, 0.29) is 23.7 Å². The topological polar surface area (TPSA) is 141 Å². The Morgan fingerprint density at radius 2 is 1.66 bits per heavy atom. The summed E-state index contributed by atoms with van der Waals surface area (Å²) in [5, 5.41) is 14.1. The highest BCUT2D eigenvalue weighted by atomic mass is 19.1. The van der Waals surface area contributed by atoms with E-state index < -0.39 is 34.8 Å². The lowest BCUT2D eigenvalue weighted by Crippen LogP contribution is -2.39. The molecule has 0 saturated heterocycles. The minimum atomic E-state index is -1.07. The van der Waals surface area contributed by atoms with Crippen LogP contribution in [0.1, 0.15) is 46.3 Å². The molecule has 180 valence electrons. The maximum atomic E-state index is 13.2. The average Bonchev–Trinajstić information content (AvgIpc) is 3.63. The van der Waals surface area contributed by atoms with Crippen molar-refractivity contribution in [3.05, 3.63) is 87.9 Å². The molecule has 2 amide bonds. The van der Waals surface area contributed by atoms with Crippen molar-refractivity contribution in [2.24, 2.45) is 5.92 Å². The number of carbonyl (C=O) groups excluding carboxylic acids is 2. The van der Waals surface area contributed by atoms with Gasteiger partial charge in [-0.05, 0) is 41.7 Å². The van der Waals surface area contributed by atoms with Crippen molar-refractivity contribution in [1.82, 2.24) is 20.6 Å². The maximum absolute atomic E-state index is 13.2. The van der Waals surface area contributed by atoms with Gasteiger partial charge in [-0.25, -0.2) is 9.37 Å². The zero-order valence-electron chi connectivity index (χ0n) is 18.8. The Balaban J connectivity index is 1.43. The van der Waals surface area contributed by atoms with Gasteiger partial charge in [0, 0.05) is 12.7 Å². The molecule has 0 unspecified atom stereocenters. The number of aromatic amines is 1. The van der Waals surface area contributed by atoms with Gasteiger partial charge in [0.15, 0.2) is 5.82 Å². The first-order valence-electron chi connectivity index (χ1n) is 11.0. The summed E-state index contributed by atoms with van der Waals surface area (Å²) in [4.78, 5) is 54.4. The van der Waals surface area contributed by atoms with E-state index in [0.29, 0.717) is 12.8 Å². The molecule has 1 aliphatic carbocycles. The molecular weight excluding hydrogens is 455 g/mol. The number of aliphatic carboxylic acids is 1. The summed E-state index contributed by atoms with van der Waals surface area (Å²) in [5.74, 6) is -3.88. The molecule has 9 nitrogen and oxygen atoms in total. The van der Waals surface area contributed by atoms with E-state index in [0.717, 1.165) is 22.9 Å². The van der Waals surface area contributed by atoms with Gasteiger partial charge in [-0.15, -0.1) is 0 Å². The Kier molecular flexibility index (Phi) is 6.46. The maximum Gasteiger partial charge on any atom is 0.308 e. The van der Waals surface area contributed by atoms with Crippen molar-refractivity contribution in [2.45, 2.75) is 25.3 Å². The van der Waals surface area contributed by atoms with Gasteiger partial charge >= 0.3 is 5.97 Å². The second-order valence-corrected chi connectivity index (χ2v) is 8.54. The first kappa shape index (κ1) is 23.8. The summed E-state index contributed by atoms with van der Waals surface area (Å²) in [6.45, 7) is 1.29. The number of rotatable bonds is 8. The van der Waals surface area contributed by atoms with Crippen LogP contribution in [0.3, 0.4) is 0 Å². The molecule has 1 heterocycles. The Labute approximate surface area is 199 Å². The van der Waals surface area contributed by atoms with Gasteiger partial charge in [-0.1, -0.05) is 43.3 Å². The molecule has 1 saturated carbocycles. The third-order valence-corrected chi connectivity index (χ3v) is 5.97. The van der Waals surface area contributed by atoms with Gasteiger partial charge in [-0.3, -0.25) is 19.2 Å². The van der Waals surface area contributed by atoms with E-state index >= 15 is 0 Å². The highest BCUT2D eigenvalue weighted by Gasteiger charge is 2.46. The molecule has 2 aromatic carbocycles. The second kappa shape index (κ2) is 9.49. The molecule has 1 aromatic heterocycles. The number of benzene rings is 2. The molecular formula is C25H23FN4O5. The molecule has 35 heavy (non-hydrogen) atoms. The minimum Gasteiger partial charge on any atom is -0.481 e. The largest absolute Gasteiger partial charge is 0.481 e. The van der Waals surface area contributed by atoms with Crippen LogP contribution < -0.4 is 16.2 Å². The molecule has 1 atom stereocenters. The first-order chi connectivity index (χ1) is 16.7. The van der Waals surface area contributed by atoms with Crippen molar-refractivity contribution >= 4 is 17.8 Å². The zero-order chi connectivity index (χ0) is 25.2. The number of aromatic nitrogens is 2. The van der Waals surface area contributed by atoms with Crippen LogP contribution in [0.4, 0.5) is 4.39 Å². The predicted octanol–water partition coefficient (Wildman–Crippen LogP) is 2.45. The van der Waals surface area contributed by atoms with Crippen molar-refractivity contribution in [2.75, 3.05) is 6.54 Å². The van der Waals surface area contributed by atoms with Crippen LogP contribution in [0.15, 0.2) is 59.5 Å². The molecule has 3 aromatic rings. The van der Waals surface area contributed by atoms with Crippen molar-refractivity contribution in [3.8, 4) is 11.1 Å². The summed E-state index contributed by atoms with van der Waals surface area (Å²) in [5.41, 5.74) is 1.03. The lowest BCUT2D eigenvalue weighted by atomic mass is 9.99. The van der Waals surface area contributed by atoms with Crippen LogP contribution in [0.25, 0.3) is 11.1 Å². The lowest BCUT2D eigenvalue weighted by Gasteiger charge is -2.18. The number of carboxylic acids is 1. The lowest BCUT2D eigenvalue weighted by molar-refractivity contribution is -0.140. The van der Waals surface area contributed by atoms with E-state index in [4.69, 9.17) is 5.11 Å². The van der Waals surface area contributed by atoms with Crippen LogP contribution >= 0.6 is 0 Å². The smallest absolute Gasteiger partial charge is 0.308 e. The Hall–Kier alpha value is -4.34. The van der Waals surface area contributed by atoms with Gasteiger partial charge in [0.25, 0.3) is 17.4 Å². The summed E-state index contributed by atoms with van der Waals surface area (Å²) in [6, 6.07) is 13.7. The van der Waals surface area contributed by atoms with Crippen LogP contribution in [-0.4, -0.2) is 39.4 Å². The fourth-order valence-electron chi connectivity index (χ4n) is 3.61. The van der Waals surface area contributed by atoms with Crippen LogP contribution in [0.2, 0.25) is 0 Å². The van der Waals surface area contributed by atoms with Crippen molar-refractivity contribution in [1.29, 1.82) is 0 Å². The van der Waals surface area contributed by atoms with Crippen molar-refractivity contribution in [3.63, 3.8) is 0 Å². The van der Waals surface area contributed by atoms with Gasteiger partial charge < -0.3 is 20.7 Å². The Bertz CT molecular complexity index is 1330. The molecule has 1 aliphatic rings. The highest BCUT2D eigenvalue weighted by molar-refractivity contribution is 5.95. The molecule has 1 fully saturated rings. The predicted molar refractivity (Wildman–Crippen MR) is 124 cm³/mol. The Morgan fingerprint density at radius 3 is 2.20 bits per heavy atom. The number of hydrogen-bond acceptors (Lipinski definition) is 5. The SMILES string of the molecule is C[C@@H](CNC(=O)c1ncc(C(=O)NC2(c3ccc(-c4ccc(F)cc4)cc3)CC2)c(=O)[nH]1)C(=O)O. The molecule has 0 radical (unpaired) electrons. The Morgan fingerprint density at radius 1 is 1.06 bits per heavy atom. The molecule has 0 bridgehead atoms. The van der Waals surface area contributed by atoms with Crippen LogP contribution in [0.5, 0.6) is 0 Å². The number of hydrogen-bond donors (Lipinski definition) is 4. The number of halogens is 1. The number of nitrogens with zero attached hydrogens (tertiary/aromatic N) is 1. The van der Waals surface area contributed by atoms with E-state index in [1.807, 2.05) is 24.3 Å². The second-order valence-electron chi connectivity index (χ2n) is 8.54. The summed E-state index contributed by atoms with van der Waals surface area (Å²) < 4.78 is 13.2. The van der Waals surface area contributed by atoms with Crippen LogP contribution in [0, 0.1) is 11.7 Å². The van der Waals surface area contributed by atoms with Gasteiger partial charge in [0.1, 0.15) is 11.4 Å². The van der Waals surface area contributed by atoms with E-state index in [1.165, 1.54) is 19.1 Å².